The quantitative estimate of drug-likeness (QED) is 0.746. The molecule has 0 fully saturated rings. The van der Waals surface area contributed by atoms with Gasteiger partial charge in [-0.05, 0) is 31.4 Å². The van der Waals surface area contributed by atoms with Gasteiger partial charge in [-0.1, -0.05) is 0 Å². The van der Waals surface area contributed by atoms with Crippen LogP contribution in [-0.4, -0.2) is 49.6 Å². The molecule has 0 bridgehead atoms. The minimum Gasteiger partial charge on any atom is -0.347 e. The van der Waals surface area contributed by atoms with E-state index in [0.29, 0.717) is 5.82 Å². The van der Waals surface area contributed by atoms with Crippen molar-refractivity contribution < 1.29 is 4.79 Å². The number of pyridine rings is 1. The summed E-state index contributed by atoms with van der Waals surface area (Å²) in [5.74, 6) is 1.49. The second-order valence-corrected chi connectivity index (χ2v) is 6.75. The molecule has 0 radical (unpaired) electrons. The number of rotatable bonds is 5. The summed E-state index contributed by atoms with van der Waals surface area (Å²) in [5, 5.41) is 7.63. The van der Waals surface area contributed by atoms with Crippen LogP contribution in [0.15, 0.2) is 36.9 Å². The number of aromatic nitrogens is 5. The summed E-state index contributed by atoms with van der Waals surface area (Å²) < 4.78 is 1.62. The van der Waals surface area contributed by atoms with Gasteiger partial charge in [-0.2, -0.15) is 5.10 Å². The minimum absolute atomic E-state index is 0.00690. The molecule has 1 aliphatic rings. The molecule has 0 atom stereocenters. The Morgan fingerprint density at radius 2 is 2.04 bits per heavy atom. The summed E-state index contributed by atoms with van der Waals surface area (Å²) >= 11 is 0. The summed E-state index contributed by atoms with van der Waals surface area (Å²) in [4.78, 5) is 26.9. The van der Waals surface area contributed by atoms with Crippen LogP contribution >= 0.6 is 0 Å². The number of likely N-dealkylation sites (N-methyl/N-ethyl adjacent to an activating group) is 1. The molecule has 1 N–H and O–H groups in total. The molecule has 3 heterocycles. The molecule has 0 aliphatic heterocycles. The monoisotopic (exact) mass is 363 g/mol. The van der Waals surface area contributed by atoms with Crippen molar-refractivity contribution in [2.24, 2.45) is 0 Å². The average molecular weight is 363 g/mol. The highest BCUT2D eigenvalue weighted by Crippen LogP contribution is 2.30. The molecule has 1 aliphatic carbocycles. The van der Waals surface area contributed by atoms with Crippen LogP contribution in [-0.2, 0) is 24.2 Å². The summed E-state index contributed by atoms with van der Waals surface area (Å²) in [6, 6.07) is 3.82. The number of aryl methyl sites for hydroxylation is 1. The standard InChI is InChI=1S/C19H21N7O/c1-25(2)17(27)12-26-11-14(10-21-26)22-19-15-4-3-5-16(15)23-18(24-19)13-6-8-20-9-7-13/h6-11H,3-5,12H2,1-2H3,(H,22,23,24). The highest BCUT2D eigenvalue weighted by molar-refractivity contribution is 5.75. The molecule has 1 amide bonds. The third kappa shape index (κ3) is 3.64. The molecule has 0 spiro atoms. The second-order valence-electron chi connectivity index (χ2n) is 6.75. The first-order valence-electron chi connectivity index (χ1n) is 8.90. The van der Waals surface area contributed by atoms with E-state index in [4.69, 9.17) is 9.97 Å². The van der Waals surface area contributed by atoms with E-state index in [0.717, 1.165) is 47.6 Å². The van der Waals surface area contributed by atoms with Gasteiger partial charge in [0.05, 0.1) is 11.9 Å². The van der Waals surface area contributed by atoms with Crippen LogP contribution in [0.3, 0.4) is 0 Å². The van der Waals surface area contributed by atoms with E-state index in [2.05, 4.69) is 15.4 Å². The van der Waals surface area contributed by atoms with Crippen LogP contribution in [0, 0.1) is 0 Å². The zero-order valence-electron chi connectivity index (χ0n) is 15.4. The Balaban J connectivity index is 1.62. The molecule has 0 saturated carbocycles. The smallest absolute Gasteiger partial charge is 0.243 e. The Morgan fingerprint density at radius 1 is 1.22 bits per heavy atom. The van der Waals surface area contributed by atoms with Gasteiger partial charge in [0.1, 0.15) is 12.4 Å². The van der Waals surface area contributed by atoms with Crippen LogP contribution in [0.2, 0.25) is 0 Å². The van der Waals surface area contributed by atoms with Crippen molar-refractivity contribution in [3.05, 3.63) is 48.2 Å². The van der Waals surface area contributed by atoms with Gasteiger partial charge in [0.2, 0.25) is 5.91 Å². The maximum atomic E-state index is 11.9. The molecule has 138 valence electrons. The summed E-state index contributed by atoms with van der Waals surface area (Å²) in [6.07, 6.45) is 10.0. The first kappa shape index (κ1) is 17.1. The highest BCUT2D eigenvalue weighted by Gasteiger charge is 2.20. The number of hydrogen-bond donors (Lipinski definition) is 1. The molecule has 8 heteroatoms. The van der Waals surface area contributed by atoms with Gasteiger partial charge < -0.3 is 10.2 Å². The van der Waals surface area contributed by atoms with Crippen molar-refractivity contribution in [3.63, 3.8) is 0 Å². The predicted molar refractivity (Wildman–Crippen MR) is 101 cm³/mol. The minimum atomic E-state index is -0.00690. The van der Waals surface area contributed by atoms with Crippen LogP contribution in [0.4, 0.5) is 11.5 Å². The second kappa shape index (κ2) is 7.14. The SMILES string of the molecule is CN(C)C(=O)Cn1cc(Nc2nc(-c3ccncc3)nc3c2CCC3)cn1. The van der Waals surface area contributed by atoms with Gasteiger partial charge in [-0.3, -0.25) is 14.5 Å². The number of nitrogens with one attached hydrogen (secondary N) is 1. The molecule has 8 nitrogen and oxygen atoms in total. The van der Waals surface area contributed by atoms with E-state index < -0.39 is 0 Å². The molecule has 3 aromatic rings. The van der Waals surface area contributed by atoms with Crippen LogP contribution in [0.5, 0.6) is 0 Å². The number of carbonyl (C=O) groups is 1. The first-order chi connectivity index (χ1) is 13.1. The lowest BCUT2D eigenvalue weighted by atomic mass is 10.2. The number of fused-ring (bicyclic) bond motifs is 1. The fraction of sp³-hybridized carbons (Fsp3) is 0.316. The van der Waals surface area contributed by atoms with Gasteiger partial charge in [-0.25, -0.2) is 9.97 Å². The fourth-order valence-corrected chi connectivity index (χ4v) is 3.10. The number of hydrogen-bond acceptors (Lipinski definition) is 6. The maximum absolute atomic E-state index is 11.9. The molecule has 3 aromatic heterocycles. The molecular formula is C19H21N7O. The van der Waals surface area contributed by atoms with Crippen molar-refractivity contribution >= 4 is 17.4 Å². The topological polar surface area (TPSA) is 88.8 Å². The summed E-state index contributed by atoms with van der Waals surface area (Å²) in [5.41, 5.74) is 3.99. The van der Waals surface area contributed by atoms with E-state index in [1.807, 2.05) is 18.3 Å². The number of nitrogens with zero attached hydrogens (tertiary/aromatic N) is 6. The van der Waals surface area contributed by atoms with Gasteiger partial charge in [0.15, 0.2) is 5.82 Å². The number of anilines is 2. The maximum Gasteiger partial charge on any atom is 0.243 e. The van der Waals surface area contributed by atoms with Gasteiger partial charge >= 0.3 is 0 Å². The van der Waals surface area contributed by atoms with E-state index >= 15 is 0 Å². The first-order valence-corrected chi connectivity index (χ1v) is 8.90. The van der Waals surface area contributed by atoms with Crippen molar-refractivity contribution in [2.45, 2.75) is 25.8 Å². The molecule has 4 rings (SSSR count). The fourth-order valence-electron chi connectivity index (χ4n) is 3.10. The molecule has 27 heavy (non-hydrogen) atoms. The van der Waals surface area contributed by atoms with Gasteiger partial charge in [-0.15, -0.1) is 0 Å². The number of carbonyl (C=O) groups excluding carboxylic acids is 1. The van der Waals surface area contributed by atoms with Crippen molar-refractivity contribution in [3.8, 4) is 11.4 Å². The average Bonchev–Trinajstić information content (AvgIpc) is 3.31. The molecule has 0 saturated heterocycles. The summed E-state index contributed by atoms with van der Waals surface area (Å²) in [6.45, 7) is 0.207. The van der Waals surface area contributed by atoms with Crippen LogP contribution < -0.4 is 5.32 Å². The van der Waals surface area contributed by atoms with Gasteiger partial charge in [0.25, 0.3) is 0 Å². The highest BCUT2D eigenvalue weighted by atomic mass is 16.2. The molecule has 0 aromatic carbocycles. The largest absolute Gasteiger partial charge is 0.347 e. The van der Waals surface area contributed by atoms with E-state index in [1.54, 1.807) is 42.3 Å². The Kier molecular flexibility index (Phi) is 4.53. The lowest BCUT2D eigenvalue weighted by Gasteiger charge is -2.11. The lowest BCUT2D eigenvalue weighted by molar-refractivity contribution is -0.129. The van der Waals surface area contributed by atoms with Crippen LogP contribution in [0.25, 0.3) is 11.4 Å². The number of amides is 1. The van der Waals surface area contributed by atoms with Crippen LogP contribution in [0.1, 0.15) is 17.7 Å². The van der Waals surface area contributed by atoms with Crippen molar-refractivity contribution in [1.82, 2.24) is 29.6 Å². The van der Waals surface area contributed by atoms with Crippen molar-refractivity contribution in [2.75, 3.05) is 19.4 Å². The molecular weight excluding hydrogens is 342 g/mol. The zero-order chi connectivity index (χ0) is 18.8. The third-order valence-corrected chi connectivity index (χ3v) is 4.56. The van der Waals surface area contributed by atoms with E-state index in [-0.39, 0.29) is 12.5 Å². The lowest BCUT2D eigenvalue weighted by Crippen LogP contribution is -2.26. The zero-order valence-corrected chi connectivity index (χ0v) is 15.4. The summed E-state index contributed by atoms with van der Waals surface area (Å²) in [7, 11) is 3.46. The Labute approximate surface area is 157 Å². The Morgan fingerprint density at radius 3 is 2.81 bits per heavy atom. The third-order valence-electron chi connectivity index (χ3n) is 4.56. The van der Waals surface area contributed by atoms with E-state index in [1.165, 1.54) is 0 Å². The Bertz CT molecular complexity index is 965. The van der Waals surface area contributed by atoms with Gasteiger partial charge in [0, 0.05) is 49.5 Å². The van der Waals surface area contributed by atoms with Crippen molar-refractivity contribution in [1.29, 1.82) is 0 Å². The Hall–Kier alpha value is -3.29. The molecule has 0 unspecified atom stereocenters. The van der Waals surface area contributed by atoms with E-state index in [9.17, 15) is 4.79 Å². The predicted octanol–water partition coefficient (Wildman–Crippen LogP) is 2.06. The normalized spacial score (nSPS) is 12.7.